The maximum Gasteiger partial charge on any atom is 0.243 e. The Labute approximate surface area is 199 Å². The monoisotopic (exact) mass is 480 g/mol. The highest BCUT2D eigenvalue weighted by Gasteiger charge is 2.37. The van der Waals surface area contributed by atoms with E-state index in [1.165, 1.54) is 17.1 Å². The smallest absolute Gasteiger partial charge is 0.243 e. The van der Waals surface area contributed by atoms with Crippen LogP contribution < -0.4 is 10.1 Å². The van der Waals surface area contributed by atoms with Crippen molar-refractivity contribution >= 4 is 15.9 Å². The quantitative estimate of drug-likeness (QED) is 0.572. The highest BCUT2D eigenvalue weighted by atomic mass is 32.2. The lowest BCUT2D eigenvalue weighted by atomic mass is 9.71. The van der Waals surface area contributed by atoms with Crippen LogP contribution in [-0.4, -0.2) is 95.4 Å². The molecule has 0 unspecified atom stereocenters. The van der Waals surface area contributed by atoms with Gasteiger partial charge in [0, 0.05) is 33.2 Å². The number of aryl methyl sites for hydroxylation is 2. The second kappa shape index (κ2) is 10.7. The van der Waals surface area contributed by atoms with Gasteiger partial charge in [-0.1, -0.05) is 0 Å². The predicted molar refractivity (Wildman–Crippen MR) is 130 cm³/mol. The van der Waals surface area contributed by atoms with Gasteiger partial charge in [0.15, 0.2) is 0 Å². The molecule has 2 aliphatic heterocycles. The first-order chi connectivity index (χ1) is 15.6. The minimum Gasteiger partial charge on any atom is -0.497 e. The van der Waals surface area contributed by atoms with E-state index in [1.54, 1.807) is 40.1 Å². The van der Waals surface area contributed by atoms with Crippen LogP contribution in [0.2, 0.25) is 0 Å². The number of hydrogen-bond donors (Lipinski definition) is 1. The fraction of sp³-hybridized carbons (Fsp3) is 0.708. The molecule has 2 aliphatic rings. The summed E-state index contributed by atoms with van der Waals surface area (Å²) in [6, 6.07) is 3.47. The van der Waals surface area contributed by atoms with Crippen LogP contribution in [0, 0.1) is 19.3 Å². The highest BCUT2D eigenvalue weighted by Crippen LogP contribution is 2.40. The van der Waals surface area contributed by atoms with Crippen molar-refractivity contribution in [1.82, 2.24) is 19.4 Å². The number of sulfonamides is 1. The minimum atomic E-state index is -3.63. The first-order valence-corrected chi connectivity index (χ1v) is 13.3. The van der Waals surface area contributed by atoms with Gasteiger partial charge in [0.2, 0.25) is 15.9 Å². The van der Waals surface area contributed by atoms with E-state index in [2.05, 4.69) is 17.3 Å². The van der Waals surface area contributed by atoms with Gasteiger partial charge in [-0.25, -0.2) is 8.42 Å². The molecule has 8 nitrogen and oxygen atoms in total. The Morgan fingerprint density at radius 3 is 2.18 bits per heavy atom. The molecule has 0 atom stereocenters. The van der Waals surface area contributed by atoms with Gasteiger partial charge in [-0.3, -0.25) is 4.79 Å². The minimum absolute atomic E-state index is 0.102. The van der Waals surface area contributed by atoms with E-state index in [-0.39, 0.29) is 19.0 Å². The molecule has 9 heteroatoms. The fourth-order valence-electron chi connectivity index (χ4n) is 5.08. The third kappa shape index (κ3) is 6.07. The molecule has 0 aliphatic carbocycles. The zero-order chi connectivity index (χ0) is 24.2. The number of benzene rings is 1. The number of piperidine rings is 2. The van der Waals surface area contributed by atoms with Crippen molar-refractivity contribution in [2.75, 3.05) is 67.0 Å². The molecule has 33 heavy (non-hydrogen) atoms. The summed E-state index contributed by atoms with van der Waals surface area (Å²) in [4.78, 5) is 17.3. The third-order valence-corrected chi connectivity index (χ3v) is 9.61. The number of methoxy groups -OCH3 is 1. The topological polar surface area (TPSA) is 82.2 Å². The largest absolute Gasteiger partial charge is 0.497 e. The van der Waals surface area contributed by atoms with Crippen molar-refractivity contribution in [2.24, 2.45) is 5.41 Å². The molecule has 2 heterocycles. The molecule has 1 amide bonds. The molecule has 0 radical (unpaired) electrons. The van der Waals surface area contributed by atoms with E-state index < -0.39 is 10.0 Å². The molecule has 2 fully saturated rings. The van der Waals surface area contributed by atoms with Gasteiger partial charge in [-0.05, 0) is 88.3 Å². The summed E-state index contributed by atoms with van der Waals surface area (Å²) in [6.07, 6.45) is 4.65. The second-order valence-corrected chi connectivity index (χ2v) is 11.8. The zero-order valence-electron chi connectivity index (χ0n) is 20.8. The molecule has 1 spiro atoms. The van der Waals surface area contributed by atoms with Gasteiger partial charge in [0.1, 0.15) is 5.75 Å². The molecule has 1 N–H and O–H groups in total. The Kier molecular flexibility index (Phi) is 8.42. The van der Waals surface area contributed by atoms with E-state index >= 15 is 0 Å². The zero-order valence-corrected chi connectivity index (χ0v) is 21.6. The van der Waals surface area contributed by atoms with Crippen molar-refractivity contribution in [3.05, 3.63) is 23.3 Å². The molecule has 3 rings (SSSR count). The standard InChI is InChI=1S/C24H40N4O4S/c1-19-16-21(32-5)17-20(2)23(19)33(30,31)27(4)15-10-25-18-22(29)28-13-8-24(9-14-28)6-11-26(3)12-7-24/h16-17,25H,6-15,18H2,1-5H3. The van der Waals surface area contributed by atoms with Crippen molar-refractivity contribution in [2.45, 2.75) is 44.4 Å². The van der Waals surface area contributed by atoms with E-state index in [0.29, 0.717) is 33.7 Å². The average Bonchev–Trinajstić information content (AvgIpc) is 2.78. The van der Waals surface area contributed by atoms with E-state index in [0.717, 1.165) is 39.0 Å². The Morgan fingerprint density at radius 2 is 1.64 bits per heavy atom. The maximum absolute atomic E-state index is 13.1. The lowest BCUT2D eigenvalue weighted by Gasteiger charge is -2.46. The van der Waals surface area contributed by atoms with E-state index in [9.17, 15) is 13.2 Å². The molecule has 1 aromatic carbocycles. The van der Waals surface area contributed by atoms with Crippen molar-refractivity contribution < 1.29 is 17.9 Å². The number of likely N-dealkylation sites (N-methyl/N-ethyl adjacent to an activating group) is 1. The molecule has 0 bridgehead atoms. The van der Waals surface area contributed by atoms with Crippen LogP contribution in [0.3, 0.4) is 0 Å². The average molecular weight is 481 g/mol. The molecular weight excluding hydrogens is 440 g/mol. The SMILES string of the molecule is COc1cc(C)c(S(=O)(=O)N(C)CCNCC(=O)N2CCC3(CCN(C)CC3)CC2)c(C)c1. The number of hydrogen-bond acceptors (Lipinski definition) is 6. The molecule has 2 saturated heterocycles. The van der Waals surface area contributed by atoms with Crippen LogP contribution in [0.25, 0.3) is 0 Å². The molecule has 1 aromatic rings. The van der Waals surface area contributed by atoms with Gasteiger partial charge in [-0.2, -0.15) is 4.31 Å². The van der Waals surface area contributed by atoms with Crippen molar-refractivity contribution in [1.29, 1.82) is 0 Å². The van der Waals surface area contributed by atoms with Gasteiger partial charge >= 0.3 is 0 Å². The number of carbonyl (C=O) groups is 1. The van der Waals surface area contributed by atoms with Gasteiger partial charge < -0.3 is 19.9 Å². The lowest BCUT2D eigenvalue weighted by molar-refractivity contribution is -0.133. The predicted octanol–water partition coefficient (Wildman–Crippen LogP) is 1.86. The molecule has 0 saturated carbocycles. The van der Waals surface area contributed by atoms with Crippen LogP contribution in [0.1, 0.15) is 36.8 Å². The van der Waals surface area contributed by atoms with E-state index in [1.807, 2.05) is 4.90 Å². The van der Waals surface area contributed by atoms with Crippen LogP contribution in [0.15, 0.2) is 17.0 Å². The second-order valence-electron chi connectivity index (χ2n) is 9.78. The number of likely N-dealkylation sites (tertiary alicyclic amines) is 2. The lowest BCUT2D eigenvalue weighted by Crippen LogP contribution is -2.49. The van der Waals surface area contributed by atoms with Crippen LogP contribution in [0.4, 0.5) is 0 Å². The summed E-state index contributed by atoms with van der Waals surface area (Å²) in [6.45, 7) is 8.47. The first-order valence-electron chi connectivity index (χ1n) is 11.9. The Balaban J connectivity index is 1.45. The number of ether oxygens (including phenoxy) is 1. The summed E-state index contributed by atoms with van der Waals surface area (Å²) in [7, 11) is 1.70. The number of carbonyl (C=O) groups excluding carboxylic acids is 1. The maximum atomic E-state index is 13.1. The summed E-state index contributed by atoms with van der Waals surface area (Å²) in [5.74, 6) is 0.747. The van der Waals surface area contributed by atoms with Gasteiger partial charge in [0.05, 0.1) is 18.6 Å². The fourth-order valence-corrected chi connectivity index (χ4v) is 6.65. The van der Waals surface area contributed by atoms with Gasteiger partial charge in [-0.15, -0.1) is 0 Å². The normalized spacial score (nSPS) is 19.3. The highest BCUT2D eigenvalue weighted by molar-refractivity contribution is 7.89. The summed E-state index contributed by atoms with van der Waals surface area (Å²) < 4.78 is 32.8. The summed E-state index contributed by atoms with van der Waals surface area (Å²) >= 11 is 0. The van der Waals surface area contributed by atoms with E-state index in [4.69, 9.17) is 4.74 Å². The summed E-state index contributed by atoms with van der Waals surface area (Å²) in [5.41, 5.74) is 1.74. The Bertz CT molecular complexity index is 909. The van der Waals surface area contributed by atoms with Crippen LogP contribution in [0.5, 0.6) is 5.75 Å². The molecular formula is C24H40N4O4S. The Hall–Kier alpha value is -1.68. The number of nitrogens with zero attached hydrogens (tertiary/aromatic N) is 3. The number of amides is 1. The van der Waals surface area contributed by atoms with Crippen molar-refractivity contribution in [3.63, 3.8) is 0 Å². The van der Waals surface area contributed by atoms with Crippen molar-refractivity contribution in [3.8, 4) is 5.75 Å². The van der Waals surface area contributed by atoms with Crippen LogP contribution >= 0.6 is 0 Å². The van der Waals surface area contributed by atoms with Crippen LogP contribution in [-0.2, 0) is 14.8 Å². The number of rotatable bonds is 8. The number of nitrogens with one attached hydrogen (secondary N) is 1. The Morgan fingerprint density at radius 1 is 1.09 bits per heavy atom. The third-order valence-electron chi connectivity index (χ3n) is 7.44. The molecule has 0 aromatic heterocycles. The molecule has 186 valence electrons. The summed E-state index contributed by atoms with van der Waals surface area (Å²) in [5, 5.41) is 3.14. The first kappa shape index (κ1) is 25.9. The van der Waals surface area contributed by atoms with Gasteiger partial charge in [0.25, 0.3) is 0 Å².